The molecular formula is C21H20ClNO6S. The van der Waals surface area contributed by atoms with Crippen molar-refractivity contribution in [2.45, 2.75) is 26.0 Å². The fraction of sp³-hybridized carbons (Fsp3) is 0.286. The van der Waals surface area contributed by atoms with Gasteiger partial charge in [-0.15, -0.1) is 0 Å². The molecule has 0 bridgehead atoms. The molecule has 0 fully saturated rings. The van der Waals surface area contributed by atoms with Crippen molar-refractivity contribution in [1.29, 1.82) is 0 Å². The molecule has 1 atom stereocenters. The minimum absolute atomic E-state index is 0.105. The van der Waals surface area contributed by atoms with Gasteiger partial charge in [0, 0.05) is 22.0 Å². The molecule has 1 N–H and O–H groups in total. The predicted octanol–water partition coefficient (Wildman–Crippen LogP) is 3.94. The number of fused-ring (bicyclic) bond motifs is 1. The molecule has 9 heteroatoms. The maximum atomic E-state index is 12.7. The average Bonchev–Trinajstić information content (AvgIpc) is 3.25. The summed E-state index contributed by atoms with van der Waals surface area (Å²) in [5, 5.41) is 3.72. The Labute approximate surface area is 181 Å². The van der Waals surface area contributed by atoms with Gasteiger partial charge < -0.3 is 18.9 Å². The lowest BCUT2D eigenvalue weighted by atomic mass is 10.1. The number of furan rings is 1. The lowest BCUT2D eigenvalue weighted by Gasteiger charge is -2.17. The van der Waals surface area contributed by atoms with E-state index in [1.807, 2.05) is 6.26 Å². The number of amides is 1. The maximum Gasteiger partial charge on any atom is 0.336 e. The van der Waals surface area contributed by atoms with Gasteiger partial charge in [0.2, 0.25) is 0 Å². The van der Waals surface area contributed by atoms with E-state index >= 15 is 0 Å². The van der Waals surface area contributed by atoms with Gasteiger partial charge in [0.15, 0.2) is 5.76 Å². The van der Waals surface area contributed by atoms with Crippen molar-refractivity contribution in [2.24, 2.45) is 0 Å². The van der Waals surface area contributed by atoms with Crippen molar-refractivity contribution >= 4 is 46.2 Å². The van der Waals surface area contributed by atoms with Crippen LogP contribution >= 0.6 is 23.4 Å². The summed E-state index contributed by atoms with van der Waals surface area (Å²) in [7, 11) is 0. The number of ether oxygens (including phenoxy) is 1. The van der Waals surface area contributed by atoms with Crippen molar-refractivity contribution in [2.75, 3.05) is 12.0 Å². The van der Waals surface area contributed by atoms with E-state index in [4.69, 9.17) is 25.2 Å². The lowest BCUT2D eigenvalue weighted by Crippen LogP contribution is -2.42. The summed E-state index contributed by atoms with van der Waals surface area (Å²) < 4.78 is 15.7. The lowest BCUT2D eigenvalue weighted by molar-refractivity contribution is -0.147. The summed E-state index contributed by atoms with van der Waals surface area (Å²) in [6.07, 6.45) is 3.66. The monoisotopic (exact) mass is 449 g/mol. The number of esters is 1. The normalized spacial score (nSPS) is 12.0. The highest BCUT2D eigenvalue weighted by Gasteiger charge is 2.24. The fourth-order valence-corrected chi connectivity index (χ4v) is 3.47. The van der Waals surface area contributed by atoms with E-state index in [1.54, 1.807) is 36.9 Å². The highest BCUT2D eigenvalue weighted by Crippen LogP contribution is 2.25. The number of hydrogen-bond donors (Lipinski definition) is 1. The van der Waals surface area contributed by atoms with Gasteiger partial charge in [0.25, 0.3) is 5.91 Å². The first-order valence-electron chi connectivity index (χ1n) is 9.12. The summed E-state index contributed by atoms with van der Waals surface area (Å²) in [5.41, 5.74) is 1.04. The van der Waals surface area contributed by atoms with Crippen LogP contribution in [0.1, 0.15) is 28.1 Å². The Hall–Kier alpha value is -2.71. The van der Waals surface area contributed by atoms with Gasteiger partial charge >= 0.3 is 11.6 Å². The molecule has 7 nitrogen and oxygen atoms in total. The molecule has 3 rings (SSSR count). The molecule has 0 saturated carbocycles. The van der Waals surface area contributed by atoms with Crippen LogP contribution in [0.5, 0.6) is 0 Å². The third-order valence-electron chi connectivity index (χ3n) is 4.42. The average molecular weight is 450 g/mol. The first-order valence-corrected chi connectivity index (χ1v) is 10.9. The Balaban J connectivity index is 1.77. The quantitative estimate of drug-likeness (QED) is 0.410. The molecule has 1 aromatic carbocycles. The molecule has 0 aliphatic rings. The number of carbonyl (C=O) groups excluding carboxylic acids is 2. The topological polar surface area (TPSA) is 98.8 Å². The van der Waals surface area contributed by atoms with Gasteiger partial charge in [0.1, 0.15) is 18.2 Å². The van der Waals surface area contributed by atoms with Gasteiger partial charge in [-0.2, -0.15) is 11.8 Å². The first kappa shape index (κ1) is 22.0. The molecule has 2 heterocycles. The second kappa shape index (κ2) is 9.86. The summed E-state index contributed by atoms with van der Waals surface area (Å²) in [5.74, 6) is -0.362. The molecule has 0 aliphatic carbocycles. The first-order chi connectivity index (χ1) is 14.4. The second-order valence-corrected chi connectivity index (χ2v) is 7.97. The van der Waals surface area contributed by atoms with Crippen LogP contribution in [0.25, 0.3) is 11.0 Å². The van der Waals surface area contributed by atoms with Crippen molar-refractivity contribution < 1.29 is 23.2 Å². The van der Waals surface area contributed by atoms with Crippen molar-refractivity contribution in [3.8, 4) is 0 Å². The molecule has 3 aromatic rings. The molecule has 1 amide bonds. The zero-order valence-corrected chi connectivity index (χ0v) is 18.0. The van der Waals surface area contributed by atoms with E-state index < -0.39 is 23.5 Å². The number of benzene rings is 1. The van der Waals surface area contributed by atoms with Crippen LogP contribution in [0.3, 0.4) is 0 Å². The third kappa shape index (κ3) is 5.25. The molecule has 2 aromatic heterocycles. The summed E-state index contributed by atoms with van der Waals surface area (Å²) in [6, 6.07) is 6.83. The second-order valence-electron chi connectivity index (χ2n) is 6.58. The number of nitrogens with one attached hydrogen (secondary N) is 1. The van der Waals surface area contributed by atoms with Crippen LogP contribution in [-0.2, 0) is 16.1 Å². The minimum atomic E-state index is -0.854. The highest BCUT2D eigenvalue weighted by molar-refractivity contribution is 7.98. The molecule has 0 radical (unpaired) electrons. The van der Waals surface area contributed by atoms with Crippen LogP contribution in [0.15, 0.2) is 50.2 Å². The summed E-state index contributed by atoms with van der Waals surface area (Å²) in [4.78, 5) is 36.8. The number of carbonyl (C=O) groups is 2. The number of thioether (sulfide) groups is 1. The highest BCUT2D eigenvalue weighted by atomic mass is 35.5. The van der Waals surface area contributed by atoms with Gasteiger partial charge in [-0.1, -0.05) is 11.6 Å². The van der Waals surface area contributed by atoms with Crippen LogP contribution in [0.4, 0.5) is 0 Å². The van der Waals surface area contributed by atoms with E-state index in [0.29, 0.717) is 33.7 Å². The SMILES string of the molecule is CSCCC(NC(=O)c1ccco1)C(=O)OCc1cc(=O)oc2cc(C)c(Cl)cc12. The Kier molecular flexibility index (Phi) is 7.23. The zero-order chi connectivity index (χ0) is 21.7. The van der Waals surface area contributed by atoms with Crippen molar-refractivity contribution in [3.05, 3.63) is 68.9 Å². The van der Waals surface area contributed by atoms with E-state index in [9.17, 15) is 14.4 Å². The van der Waals surface area contributed by atoms with E-state index in [0.717, 1.165) is 5.56 Å². The summed E-state index contributed by atoms with van der Waals surface area (Å²) >= 11 is 7.73. The number of rotatable bonds is 8. The van der Waals surface area contributed by atoms with Crippen LogP contribution < -0.4 is 10.9 Å². The minimum Gasteiger partial charge on any atom is -0.459 e. The maximum absolute atomic E-state index is 12.7. The molecule has 0 saturated heterocycles. The molecule has 0 aliphatic heterocycles. The predicted molar refractivity (Wildman–Crippen MR) is 115 cm³/mol. The van der Waals surface area contributed by atoms with Crippen LogP contribution in [-0.4, -0.2) is 29.9 Å². The summed E-state index contributed by atoms with van der Waals surface area (Å²) in [6.45, 7) is 1.64. The fourth-order valence-electron chi connectivity index (χ4n) is 2.84. The number of aryl methyl sites for hydroxylation is 1. The number of halogens is 1. The zero-order valence-electron chi connectivity index (χ0n) is 16.4. The van der Waals surface area contributed by atoms with Gasteiger partial charge in [-0.05, 0) is 55.2 Å². The van der Waals surface area contributed by atoms with E-state index in [2.05, 4.69) is 5.32 Å². The Morgan fingerprint density at radius 1 is 1.30 bits per heavy atom. The van der Waals surface area contributed by atoms with Crippen molar-refractivity contribution in [1.82, 2.24) is 5.32 Å². The smallest absolute Gasteiger partial charge is 0.336 e. The molecule has 30 heavy (non-hydrogen) atoms. The van der Waals surface area contributed by atoms with Crippen LogP contribution in [0.2, 0.25) is 5.02 Å². The van der Waals surface area contributed by atoms with Crippen LogP contribution in [0, 0.1) is 6.92 Å². The Morgan fingerprint density at radius 3 is 2.80 bits per heavy atom. The molecule has 0 spiro atoms. The Bertz CT molecular complexity index is 1110. The number of hydrogen-bond acceptors (Lipinski definition) is 7. The van der Waals surface area contributed by atoms with Crippen molar-refractivity contribution in [3.63, 3.8) is 0 Å². The largest absolute Gasteiger partial charge is 0.459 e. The Morgan fingerprint density at radius 2 is 2.10 bits per heavy atom. The van der Waals surface area contributed by atoms with Gasteiger partial charge in [-0.25, -0.2) is 9.59 Å². The molecular weight excluding hydrogens is 430 g/mol. The van der Waals surface area contributed by atoms with Gasteiger partial charge in [-0.3, -0.25) is 4.79 Å². The van der Waals surface area contributed by atoms with Gasteiger partial charge in [0.05, 0.1) is 6.26 Å². The standard InChI is InChI=1S/C21H20ClNO6S/c1-12-8-18-14(10-15(12)22)13(9-19(24)29-18)11-28-21(26)16(5-7-30-2)23-20(25)17-4-3-6-27-17/h3-4,6,8-10,16H,5,7,11H2,1-2H3,(H,23,25). The third-order valence-corrected chi connectivity index (χ3v) is 5.48. The van der Waals surface area contributed by atoms with E-state index in [1.165, 1.54) is 18.4 Å². The molecule has 158 valence electrons. The van der Waals surface area contributed by atoms with E-state index in [-0.39, 0.29) is 12.4 Å². The molecule has 1 unspecified atom stereocenters.